The average Bonchev–Trinajstić information content (AvgIpc) is 2.97. The monoisotopic (exact) mass is 625 g/mol. The Bertz CT molecular complexity index is 1660. The summed E-state index contributed by atoms with van der Waals surface area (Å²) in [6, 6.07) is 7.54. The van der Waals surface area contributed by atoms with Crippen molar-refractivity contribution < 1.29 is 23.0 Å². The number of hydrogen-bond acceptors (Lipinski definition) is 9. The average molecular weight is 626 g/mol. The first-order chi connectivity index (χ1) is 20.9. The summed E-state index contributed by atoms with van der Waals surface area (Å²) in [4.78, 5) is 36.2. The standard InChI is InChI=1S/C31H34ClF2N7O3/c1-31(2,3)44-30(42)41-14-12-40(13-15-41)29-19-16-20(32)25(26-21(33)8-6-9-22(26)43-5)27(34)28(19)37-24(38-29)18-39(4)17-23-35-10-7-11-36-23/h6-11,16H,12-15,17-18H2,1-5H3. The van der Waals surface area contributed by atoms with Gasteiger partial charge < -0.3 is 19.3 Å². The highest BCUT2D eigenvalue weighted by atomic mass is 35.5. The van der Waals surface area contributed by atoms with E-state index in [4.69, 9.17) is 26.1 Å². The van der Waals surface area contributed by atoms with Crippen molar-refractivity contribution in [1.29, 1.82) is 0 Å². The molecule has 0 unspecified atom stereocenters. The number of carbonyl (C=O) groups excluding carboxylic acids is 1. The van der Waals surface area contributed by atoms with Crippen molar-refractivity contribution in [2.75, 3.05) is 45.2 Å². The van der Waals surface area contributed by atoms with Gasteiger partial charge in [-0.05, 0) is 52.1 Å². The molecule has 0 saturated carbocycles. The molecule has 3 heterocycles. The number of methoxy groups -OCH3 is 1. The van der Waals surface area contributed by atoms with E-state index in [1.807, 2.05) is 37.6 Å². The van der Waals surface area contributed by atoms with Crippen LogP contribution in [0, 0.1) is 11.6 Å². The smallest absolute Gasteiger partial charge is 0.410 e. The third kappa shape index (κ3) is 6.81. The molecule has 0 radical (unpaired) electrons. The van der Waals surface area contributed by atoms with Crippen LogP contribution >= 0.6 is 11.6 Å². The molecule has 1 aliphatic rings. The molecule has 5 rings (SSSR count). The molecule has 0 bridgehead atoms. The van der Waals surface area contributed by atoms with Gasteiger partial charge in [0.15, 0.2) is 5.82 Å². The van der Waals surface area contributed by atoms with E-state index in [1.165, 1.54) is 19.2 Å². The van der Waals surface area contributed by atoms with Crippen LogP contribution in [0.4, 0.5) is 19.4 Å². The Hall–Kier alpha value is -4.16. The normalized spacial score (nSPS) is 13.9. The second-order valence-electron chi connectivity index (χ2n) is 11.5. The second kappa shape index (κ2) is 12.8. The molecular weight excluding hydrogens is 592 g/mol. The first-order valence-corrected chi connectivity index (χ1v) is 14.5. The van der Waals surface area contributed by atoms with Crippen LogP contribution in [0.3, 0.4) is 0 Å². The van der Waals surface area contributed by atoms with E-state index in [9.17, 15) is 4.79 Å². The molecule has 1 saturated heterocycles. The molecule has 0 atom stereocenters. The lowest BCUT2D eigenvalue weighted by Crippen LogP contribution is -2.50. The summed E-state index contributed by atoms with van der Waals surface area (Å²) < 4.78 is 42.5. The van der Waals surface area contributed by atoms with Gasteiger partial charge in [0.1, 0.15) is 40.2 Å². The number of ether oxygens (including phenoxy) is 2. The van der Waals surface area contributed by atoms with Crippen molar-refractivity contribution in [2.45, 2.75) is 39.5 Å². The van der Waals surface area contributed by atoms with E-state index in [-0.39, 0.29) is 34.0 Å². The van der Waals surface area contributed by atoms with Crippen LogP contribution in [-0.4, -0.2) is 81.8 Å². The highest BCUT2D eigenvalue weighted by Crippen LogP contribution is 2.42. The van der Waals surface area contributed by atoms with Crippen molar-refractivity contribution in [2.24, 2.45) is 0 Å². The first kappa shape index (κ1) is 31.3. The van der Waals surface area contributed by atoms with Crippen molar-refractivity contribution in [1.82, 2.24) is 29.7 Å². The van der Waals surface area contributed by atoms with Crippen LogP contribution in [0.5, 0.6) is 5.75 Å². The summed E-state index contributed by atoms with van der Waals surface area (Å²) in [6.07, 6.45) is 2.93. The van der Waals surface area contributed by atoms with Crippen LogP contribution in [0.2, 0.25) is 5.02 Å². The SMILES string of the molecule is COc1cccc(F)c1-c1c(Cl)cc2c(N3CCN(C(=O)OC(C)(C)C)CC3)nc(CN(C)Cc3ncccn3)nc2c1F. The maximum Gasteiger partial charge on any atom is 0.410 e. The fourth-order valence-electron chi connectivity index (χ4n) is 5.06. The number of piperazine rings is 1. The molecular formula is C31H34ClF2N7O3. The summed E-state index contributed by atoms with van der Waals surface area (Å²) in [5, 5.41) is 0.358. The van der Waals surface area contributed by atoms with Crippen LogP contribution in [0.15, 0.2) is 42.7 Å². The Morgan fingerprint density at radius 1 is 1.00 bits per heavy atom. The minimum absolute atomic E-state index is 0.00589. The molecule has 1 fully saturated rings. The van der Waals surface area contributed by atoms with Gasteiger partial charge in [0, 0.05) is 49.5 Å². The summed E-state index contributed by atoms with van der Waals surface area (Å²) in [5.41, 5.74) is -0.861. The fraction of sp³-hybridized carbons (Fsp3) is 0.387. The number of benzene rings is 2. The van der Waals surface area contributed by atoms with Crippen molar-refractivity contribution in [3.05, 3.63) is 71.0 Å². The molecule has 1 amide bonds. The van der Waals surface area contributed by atoms with Crippen LogP contribution < -0.4 is 9.64 Å². The number of rotatable bonds is 7. The van der Waals surface area contributed by atoms with E-state index < -0.39 is 23.3 Å². The predicted molar refractivity (Wildman–Crippen MR) is 164 cm³/mol. The van der Waals surface area contributed by atoms with Crippen molar-refractivity contribution in [3.8, 4) is 16.9 Å². The van der Waals surface area contributed by atoms with Crippen molar-refractivity contribution >= 4 is 34.4 Å². The highest BCUT2D eigenvalue weighted by Gasteiger charge is 2.29. The molecule has 1 aliphatic heterocycles. The topological polar surface area (TPSA) is 96.8 Å². The second-order valence-corrected chi connectivity index (χ2v) is 11.9. The number of nitrogens with zero attached hydrogens (tertiary/aromatic N) is 7. The molecule has 2 aromatic carbocycles. The van der Waals surface area contributed by atoms with Gasteiger partial charge in [-0.3, -0.25) is 4.90 Å². The molecule has 0 aliphatic carbocycles. The van der Waals surface area contributed by atoms with E-state index in [0.29, 0.717) is 55.6 Å². The summed E-state index contributed by atoms with van der Waals surface area (Å²) in [7, 11) is 3.24. The zero-order chi connectivity index (χ0) is 31.6. The number of amides is 1. The van der Waals surface area contributed by atoms with Gasteiger partial charge in [0.2, 0.25) is 0 Å². The Morgan fingerprint density at radius 2 is 1.68 bits per heavy atom. The first-order valence-electron chi connectivity index (χ1n) is 14.1. The van der Waals surface area contributed by atoms with Gasteiger partial charge in [0.25, 0.3) is 0 Å². The van der Waals surface area contributed by atoms with E-state index in [1.54, 1.807) is 35.5 Å². The molecule has 0 spiro atoms. The number of anilines is 1. The third-order valence-corrected chi connectivity index (χ3v) is 7.33. The zero-order valence-corrected chi connectivity index (χ0v) is 26.0. The largest absolute Gasteiger partial charge is 0.496 e. The lowest BCUT2D eigenvalue weighted by Gasteiger charge is -2.36. The Kier molecular flexibility index (Phi) is 9.12. The number of aromatic nitrogens is 4. The molecule has 2 aromatic heterocycles. The summed E-state index contributed by atoms with van der Waals surface area (Å²) in [5.74, 6) is 0.0861. The Labute approximate surface area is 259 Å². The number of halogens is 3. The maximum atomic E-state index is 16.5. The predicted octanol–water partition coefficient (Wildman–Crippen LogP) is 5.72. The maximum absolute atomic E-state index is 16.5. The zero-order valence-electron chi connectivity index (χ0n) is 25.3. The van der Waals surface area contributed by atoms with Gasteiger partial charge >= 0.3 is 6.09 Å². The van der Waals surface area contributed by atoms with Gasteiger partial charge in [-0.25, -0.2) is 33.5 Å². The van der Waals surface area contributed by atoms with Crippen LogP contribution in [0.1, 0.15) is 32.4 Å². The summed E-state index contributed by atoms with van der Waals surface area (Å²) >= 11 is 6.67. The number of hydrogen-bond donors (Lipinski definition) is 0. The minimum Gasteiger partial charge on any atom is -0.496 e. The number of carbonyl (C=O) groups is 1. The van der Waals surface area contributed by atoms with E-state index in [0.717, 1.165) is 0 Å². The van der Waals surface area contributed by atoms with Crippen LogP contribution in [-0.2, 0) is 17.8 Å². The van der Waals surface area contributed by atoms with E-state index in [2.05, 4.69) is 15.0 Å². The molecule has 4 aromatic rings. The Balaban J connectivity index is 1.56. The lowest BCUT2D eigenvalue weighted by molar-refractivity contribution is 0.0240. The molecule has 10 nitrogen and oxygen atoms in total. The van der Waals surface area contributed by atoms with Gasteiger partial charge in [0.05, 0.1) is 30.8 Å². The highest BCUT2D eigenvalue weighted by molar-refractivity contribution is 6.34. The Morgan fingerprint density at radius 3 is 2.34 bits per heavy atom. The molecule has 13 heteroatoms. The van der Waals surface area contributed by atoms with Gasteiger partial charge in [-0.15, -0.1) is 0 Å². The quantitative estimate of drug-likeness (QED) is 0.256. The number of fused-ring (bicyclic) bond motifs is 1. The molecule has 0 N–H and O–H groups in total. The summed E-state index contributed by atoms with van der Waals surface area (Å²) in [6.45, 7) is 7.71. The molecule has 44 heavy (non-hydrogen) atoms. The van der Waals surface area contributed by atoms with Crippen LogP contribution in [0.25, 0.3) is 22.0 Å². The third-order valence-electron chi connectivity index (χ3n) is 7.03. The van der Waals surface area contributed by atoms with Crippen molar-refractivity contribution in [3.63, 3.8) is 0 Å². The fourth-order valence-corrected chi connectivity index (χ4v) is 5.35. The minimum atomic E-state index is -0.790. The van der Waals surface area contributed by atoms with E-state index >= 15 is 8.78 Å². The lowest BCUT2D eigenvalue weighted by atomic mass is 10.0. The van der Waals surface area contributed by atoms with Gasteiger partial charge in [-0.2, -0.15) is 0 Å². The molecule has 232 valence electrons. The van der Waals surface area contributed by atoms with Gasteiger partial charge in [-0.1, -0.05) is 17.7 Å².